The lowest BCUT2D eigenvalue weighted by molar-refractivity contribution is 0.257. The molecule has 0 aromatic heterocycles. The fourth-order valence-electron chi connectivity index (χ4n) is 1.71. The average Bonchev–Trinajstić information content (AvgIpc) is 2.34. The quantitative estimate of drug-likeness (QED) is 0.819. The zero-order chi connectivity index (χ0) is 15.6. The van der Waals surface area contributed by atoms with Crippen LogP contribution < -0.4 is 4.72 Å². The Hall–Kier alpha value is -1.17. The Morgan fingerprint density at radius 1 is 1.30 bits per heavy atom. The Morgan fingerprint density at radius 2 is 1.80 bits per heavy atom. The molecule has 1 rings (SSSR count). The summed E-state index contributed by atoms with van der Waals surface area (Å²) in [6.07, 6.45) is 0. The van der Waals surface area contributed by atoms with Crippen molar-refractivity contribution >= 4 is 10.0 Å². The van der Waals surface area contributed by atoms with Gasteiger partial charge in [-0.15, -0.1) is 0 Å². The summed E-state index contributed by atoms with van der Waals surface area (Å²) in [5.41, 5.74) is 1.35. The summed E-state index contributed by atoms with van der Waals surface area (Å²) in [7, 11) is -3.66. The van der Waals surface area contributed by atoms with Crippen LogP contribution in [-0.2, 0) is 10.0 Å². The van der Waals surface area contributed by atoms with Crippen LogP contribution in [-0.4, -0.2) is 26.2 Å². The summed E-state index contributed by atoms with van der Waals surface area (Å²) >= 11 is 0. The molecular formula is C15H23NO3S. The van der Waals surface area contributed by atoms with Crippen LogP contribution in [0.3, 0.4) is 0 Å². The number of rotatable bonds is 5. The van der Waals surface area contributed by atoms with E-state index in [-0.39, 0.29) is 16.9 Å². The van der Waals surface area contributed by atoms with Crippen molar-refractivity contribution in [3.63, 3.8) is 0 Å². The molecule has 0 spiro atoms. The number of aryl methyl sites for hydroxylation is 1. The highest BCUT2D eigenvalue weighted by atomic mass is 32.2. The summed E-state index contributed by atoms with van der Waals surface area (Å²) < 4.78 is 27.1. The van der Waals surface area contributed by atoms with Gasteiger partial charge in [0.25, 0.3) is 0 Å². The van der Waals surface area contributed by atoms with Crippen molar-refractivity contribution in [1.82, 2.24) is 4.72 Å². The van der Waals surface area contributed by atoms with E-state index in [9.17, 15) is 13.5 Å². The molecule has 5 heteroatoms. The SMILES string of the molecule is C=C(C(CO)NS(=O)(=O)c1ccc(C)cc1)C(C)(C)C. The van der Waals surface area contributed by atoms with Gasteiger partial charge in [0.2, 0.25) is 10.0 Å². The molecule has 0 aliphatic rings. The van der Waals surface area contributed by atoms with Crippen molar-refractivity contribution in [3.8, 4) is 0 Å². The molecule has 4 nitrogen and oxygen atoms in total. The Bertz CT molecular complexity index is 568. The predicted octanol–water partition coefficient (Wildman–Crippen LogP) is 2.24. The van der Waals surface area contributed by atoms with Gasteiger partial charge in [0, 0.05) is 0 Å². The third kappa shape index (κ3) is 4.16. The number of benzene rings is 1. The molecular weight excluding hydrogens is 274 g/mol. The molecule has 0 amide bonds. The normalized spacial score (nSPS) is 14.1. The molecule has 0 bridgehead atoms. The molecule has 0 aliphatic carbocycles. The third-order valence-electron chi connectivity index (χ3n) is 3.20. The number of hydrogen-bond donors (Lipinski definition) is 2. The maximum atomic E-state index is 12.3. The first-order chi connectivity index (χ1) is 9.08. The van der Waals surface area contributed by atoms with Gasteiger partial charge in [-0.05, 0) is 24.5 Å². The molecule has 0 radical (unpaired) electrons. The zero-order valence-electron chi connectivity index (χ0n) is 12.5. The van der Waals surface area contributed by atoms with Gasteiger partial charge in [0.15, 0.2) is 0 Å². The van der Waals surface area contributed by atoms with Gasteiger partial charge < -0.3 is 5.11 Å². The Labute approximate surface area is 121 Å². The van der Waals surface area contributed by atoms with Crippen molar-refractivity contribution in [2.24, 2.45) is 5.41 Å². The summed E-state index contributed by atoms with van der Waals surface area (Å²) in [4.78, 5) is 0.184. The molecule has 1 atom stereocenters. The summed E-state index contributed by atoms with van der Waals surface area (Å²) in [6.45, 7) is 11.3. The van der Waals surface area contributed by atoms with Crippen molar-refractivity contribution in [1.29, 1.82) is 0 Å². The molecule has 0 aliphatic heterocycles. The first-order valence-corrected chi connectivity index (χ1v) is 7.95. The number of hydrogen-bond acceptors (Lipinski definition) is 3. The summed E-state index contributed by atoms with van der Waals surface area (Å²) in [6, 6.07) is 5.88. The third-order valence-corrected chi connectivity index (χ3v) is 4.68. The second kappa shape index (κ2) is 6.08. The largest absolute Gasteiger partial charge is 0.394 e. The van der Waals surface area contributed by atoms with Crippen LogP contribution in [0.4, 0.5) is 0 Å². The van der Waals surface area contributed by atoms with Crippen molar-refractivity contribution in [3.05, 3.63) is 42.0 Å². The molecule has 1 aromatic rings. The van der Waals surface area contributed by atoms with Crippen LogP contribution in [0.25, 0.3) is 0 Å². The second-order valence-corrected chi connectivity index (χ2v) is 7.66. The van der Waals surface area contributed by atoms with Gasteiger partial charge in [0.05, 0.1) is 17.5 Å². The van der Waals surface area contributed by atoms with Crippen LogP contribution in [0.1, 0.15) is 26.3 Å². The second-order valence-electron chi connectivity index (χ2n) is 5.94. The van der Waals surface area contributed by atoms with Crippen LogP contribution in [0.5, 0.6) is 0 Å². The van der Waals surface area contributed by atoms with Crippen LogP contribution in [0.15, 0.2) is 41.3 Å². The fraction of sp³-hybridized carbons (Fsp3) is 0.467. The summed E-state index contributed by atoms with van der Waals surface area (Å²) in [5.74, 6) is 0. The molecule has 2 N–H and O–H groups in total. The first-order valence-electron chi connectivity index (χ1n) is 6.47. The van der Waals surface area contributed by atoms with Gasteiger partial charge >= 0.3 is 0 Å². The lowest BCUT2D eigenvalue weighted by atomic mass is 9.84. The van der Waals surface area contributed by atoms with E-state index in [0.29, 0.717) is 5.57 Å². The maximum Gasteiger partial charge on any atom is 0.241 e. The number of sulfonamides is 1. The van der Waals surface area contributed by atoms with E-state index in [1.54, 1.807) is 24.3 Å². The highest BCUT2D eigenvalue weighted by Crippen LogP contribution is 2.27. The van der Waals surface area contributed by atoms with Crippen LogP contribution >= 0.6 is 0 Å². The van der Waals surface area contributed by atoms with E-state index in [1.165, 1.54) is 0 Å². The van der Waals surface area contributed by atoms with Crippen molar-refractivity contribution < 1.29 is 13.5 Å². The zero-order valence-corrected chi connectivity index (χ0v) is 13.3. The smallest absolute Gasteiger partial charge is 0.241 e. The van der Waals surface area contributed by atoms with Gasteiger partial charge in [-0.3, -0.25) is 0 Å². The van der Waals surface area contributed by atoms with Crippen LogP contribution in [0, 0.1) is 12.3 Å². The number of aliphatic hydroxyl groups is 1. The molecule has 1 aromatic carbocycles. The van der Waals surface area contributed by atoms with Gasteiger partial charge in [-0.2, -0.15) is 0 Å². The highest BCUT2D eigenvalue weighted by molar-refractivity contribution is 7.89. The first kappa shape index (κ1) is 16.9. The van der Waals surface area contributed by atoms with Crippen molar-refractivity contribution in [2.75, 3.05) is 6.61 Å². The molecule has 0 saturated carbocycles. The summed E-state index contributed by atoms with van der Waals surface area (Å²) in [5, 5.41) is 9.43. The van der Waals surface area contributed by atoms with E-state index < -0.39 is 16.1 Å². The molecule has 0 heterocycles. The Balaban J connectivity index is 3.00. The topological polar surface area (TPSA) is 66.4 Å². The van der Waals surface area contributed by atoms with E-state index in [0.717, 1.165) is 5.56 Å². The highest BCUT2D eigenvalue weighted by Gasteiger charge is 2.27. The predicted molar refractivity (Wildman–Crippen MR) is 81.0 cm³/mol. The molecule has 0 saturated heterocycles. The lowest BCUT2D eigenvalue weighted by Gasteiger charge is -2.28. The van der Waals surface area contributed by atoms with Crippen molar-refractivity contribution in [2.45, 2.75) is 38.6 Å². The minimum atomic E-state index is -3.66. The molecule has 20 heavy (non-hydrogen) atoms. The fourth-order valence-corrected chi connectivity index (χ4v) is 2.94. The Kier molecular flexibility index (Phi) is 5.13. The minimum Gasteiger partial charge on any atom is -0.394 e. The number of aliphatic hydroxyl groups excluding tert-OH is 1. The van der Waals surface area contributed by atoms with Gasteiger partial charge in [-0.1, -0.05) is 50.6 Å². The monoisotopic (exact) mass is 297 g/mol. The average molecular weight is 297 g/mol. The molecule has 0 fully saturated rings. The van der Waals surface area contributed by atoms with E-state index in [1.807, 2.05) is 27.7 Å². The minimum absolute atomic E-state index is 0.184. The maximum absolute atomic E-state index is 12.3. The standard InChI is InChI=1S/C15H23NO3S/c1-11-6-8-13(9-7-11)20(18,19)16-14(10-17)12(2)15(3,4)5/h6-9,14,16-17H,2,10H2,1,3-5H3. The van der Waals surface area contributed by atoms with E-state index in [2.05, 4.69) is 11.3 Å². The van der Waals surface area contributed by atoms with E-state index in [4.69, 9.17) is 0 Å². The Morgan fingerprint density at radius 3 is 2.20 bits per heavy atom. The number of nitrogens with one attached hydrogen (secondary N) is 1. The molecule has 1 unspecified atom stereocenters. The van der Waals surface area contributed by atoms with Crippen LogP contribution in [0.2, 0.25) is 0 Å². The van der Waals surface area contributed by atoms with Gasteiger partial charge in [-0.25, -0.2) is 13.1 Å². The van der Waals surface area contributed by atoms with Gasteiger partial charge in [0.1, 0.15) is 0 Å². The van der Waals surface area contributed by atoms with E-state index >= 15 is 0 Å². The molecule has 112 valence electrons. The lowest BCUT2D eigenvalue weighted by Crippen LogP contribution is -2.41.